The highest BCUT2D eigenvalue weighted by Gasteiger charge is 2.38. The molecule has 0 fully saturated rings. The highest BCUT2D eigenvalue weighted by Crippen LogP contribution is 2.29. The predicted octanol–water partition coefficient (Wildman–Crippen LogP) is 1.96. The number of rotatable bonds is 5. The Morgan fingerprint density at radius 2 is 2.10 bits per heavy atom. The Morgan fingerprint density at radius 1 is 1.45 bits per heavy atom. The van der Waals surface area contributed by atoms with E-state index in [0.717, 1.165) is 0 Å². The average molecular weight is 364 g/mol. The number of ether oxygens (including phenoxy) is 1. The molecule has 3 N–H and O–H groups in total. The SMILES string of the molecule is CCOC(=O)C(C)(NC(=O)CN)c1cc(Cl)cc(Br)c1. The number of hydrogen-bond acceptors (Lipinski definition) is 4. The Labute approximate surface area is 130 Å². The molecule has 0 aliphatic carbocycles. The third-order valence-electron chi connectivity index (χ3n) is 2.70. The van der Waals surface area contributed by atoms with Crippen LogP contribution in [0.5, 0.6) is 0 Å². The number of benzene rings is 1. The van der Waals surface area contributed by atoms with E-state index in [2.05, 4.69) is 21.2 Å². The van der Waals surface area contributed by atoms with Gasteiger partial charge in [-0.05, 0) is 37.6 Å². The van der Waals surface area contributed by atoms with Crippen LogP contribution < -0.4 is 11.1 Å². The molecular formula is C13H16BrClN2O3. The molecule has 1 unspecified atom stereocenters. The van der Waals surface area contributed by atoms with E-state index in [1.54, 1.807) is 32.0 Å². The summed E-state index contributed by atoms with van der Waals surface area (Å²) in [6.45, 7) is 3.22. The minimum absolute atomic E-state index is 0.203. The number of carbonyl (C=O) groups is 2. The molecule has 0 spiro atoms. The highest BCUT2D eigenvalue weighted by atomic mass is 79.9. The van der Waals surface area contributed by atoms with Gasteiger partial charge in [0.05, 0.1) is 13.2 Å². The lowest BCUT2D eigenvalue weighted by Crippen LogP contribution is -2.52. The van der Waals surface area contributed by atoms with Gasteiger partial charge in [0.15, 0.2) is 5.54 Å². The van der Waals surface area contributed by atoms with Gasteiger partial charge in [0.1, 0.15) is 0 Å². The predicted molar refractivity (Wildman–Crippen MR) is 80.3 cm³/mol. The largest absolute Gasteiger partial charge is 0.464 e. The third kappa shape index (κ3) is 3.94. The molecule has 0 aliphatic rings. The van der Waals surface area contributed by atoms with Crippen molar-refractivity contribution < 1.29 is 14.3 Å². The van der Waals surface area contributed by atoms with Crippen LogP contribution >= 0.6 is 27.5 Å². The average Bonchev–Trinajstić information content (AvgIpc) is 2.37. The molecule has 20 heavy (non-hydrogen) atoms. The van der Waals surface area contributed by atoms with E-state index in [0.29, 0.717) is 15.1 Å². The fourth-order valence-corrected chi connectivity index (χ4v) is 2.55. The third-order valence-corrected chi connectivity index (χ3v) is 3.37. The number of nitrogens with two attached hydrogens (primary N) is 1. The lowest BCUT2D eigenvalue weighted by atomic mass is 9.92. The van der Waals surface area contributed by atoms with Crippen molar-refractivity contribution in [3.63, 3.8) is 0 Å². The van der Waals surface area contributed by atoms with Crippen LogP contribution in [0.3, 0.4) is 0 Å². The van der Waals surface area contributed by atoms with Gasteiger partial charge in [0.2, 0.25) is 5.91 Å². The van der Waals surface area contributed by atoms with Gasteiger partial charge >= 0.3 is 5.97 Å². The second-order valence-electron chi connectivity index (χ2n) is 4.26. The zero-order valence-corrected chi connectivity index (χ0v) is 13.5. The minimum Gasteiger partial charge on any atom is -0.464 e. The van der Waals surface area contributed by atoms with Crippen molar-refractivity contribution in [2.75, 3.05) is 13.2 Å². The van der Waals surface area contributed by atoms with Crippen LogP contribution in [0.2, 0.25) is 5.02 Å². The van der Waals surface area contributed by atoms with E-state index < -0.39 is 17.4 Å². The van der Waals surface area contributed by atoms with Crippen LogP contribution in [-0.2, 0) is 19.9 Å². The molecule has 0 radical (unpaired) electrons. The van der Waals surface area contributed by atoms with E-state index in [9.17, 15) is 9.59 Å². The fourth-order valence-electron chi connectivity index (χ4n) is 1.69. The summed E-state index contributed by atoms with van der Waals surface area (Å²) < 4.78 is 5.73. The van der Waals surface area contributed by atoms with Crippen LogP contribution in [0.25, 0.3) is 0 Å². The van der Waals surface area contributed by atoms with Crippen molar-refractivity contribution >= 4 is 39.4 Å². The van der Waals surface area contributed by atoms with Gasteiger partial charge in [-0.2, -0.15) is 0 Å². The second-order valence-corrected chi connectivity index (χ2v) is 5.61. The molecule has 0 saturated carbocycles. The number of halogens is 2. The molecule has 110 valence electrons. The minimum atomic E-state index is -1.35. The lowest BCUT2D eigenvalue weighted by Gasteiger charge is -2.29. The quantitative estimate of drug-likeness (QED) is 0.784. The number of amides is 1. The van der Waals surface area contributed by atoms with Gasteiger partial charge in [-0.3, -0.25) is 4.79 Å². The number of nitrogens with one attached hydrogen (secondary N) is 1. The Balaban J connectivity index is 3.28. The summed E-state index contributed by atoms with van der Waals surface area (Å²) in [5.41, 5.74) is 4.46. The molecule has 0 bridgehead atoms. The van der Waals surface area contributed by atoms with E-state index in [1.807, 2.05) is 0 Å². The maximum atomic E-state index is 12.2. The van der Waals surface area contributed by atoms with E-state index in [1.165, 1.54) is 0 Å². The van der Waals surface area contributed by atoms with Crippen LogP contribution in [0.15, 0.2) is 22.7 Å². The molecule has 1 amide bonds. The molecule has 1 aromatic carbocycles. The van der Waals surface area contributed by atoms with Crippen molar-refractivity contribution in [3.8, 4) is 0 Å². The van der Waals surface area contributed by atoms with E-state index >= 15 is 0 Å². The van der Waals surface area contributed by atoms with Crippen LogP contribution in [0.4, 0.5) is 0 Å². The maximum Gasteiger partial charge on any atom is 0.336 e. The standard InChI is InChI=1S/C13H16BrClN2O3/c1-3-20-12(19)13(2,17-11(18)7-16)8-4-9(14)6-10(15)5-8/h4-6H,3,7,16H2,1-2H3,(H,17,18). The topological polar surface area (TPSA) is 81.4 Å². The van der Waals surface area contributed by atoms with Gasteiger partial charge in [-0.1, -0.05) is 27.5 Å². The molecule has 1 rings (SSSR count). The number of hydrogen-bond donors (Lipinski definition) is 2. The summed E-state index contributed by atoms with van der Waals surface area (Å²) >= 11 is 9.29. The van der Waals surface area contributed by atoms with E-state index in [4.69, 9.17) is 22.1 Å². The summed E-state index contributed by atoms with van der Waals surface area (Å²) in [6.07, 6.45) is 0. The molecule has 1 atom stereocenters. The molecule has 0 aromatic heterocycles. The molecule has 0 saturated heterocycles. The molecule has 0 aliphatic heterocycles. The van der Waals surface area contributed by atoms with Crippen LogP contribution in [0, 0.1) is 0 Å². The summed E-state index contributed by atoms with van der Waals surface area (Å²) in [5, 5.41) is 3.02. The Hall–Kier alpha value is -1.11. The van der Waals surface area contributed by atoms with Gasteiger partial charge in [-0.15, -0.1) is 0 Å². The molecule has 1 aromatic rings. The summed E-state index contributed by atoms with van der Waals surface area (Å²) in [5.74, 6) is -1.03. The number of esters is 1. The summed E-state index contributed by atoms with van der Waals surface area (Å²) in [4.78, 5) is 23.8. The highest BCUT2D eigenvalue weighted by molar-refractivity contribution is 9.10. The normalized spacial score (nSPS) is 13.4. The van der Waals surface area contributed by atoms with Gasteiger partial charge in [0.25, 0.3) is 0 Å². The van der Waals surface area contributed by atoms with Crippen molar-refractivity contribution in [1.29, 1.82) is 0 Å². The smallest absolute Gasteiger partial charge is 0.336 e. The Bertz CT molecular complexity index is 504. The Kier molecular flexibility index (Phi) is 5.98. The van der Waals surface area contributed by atoms with Crippen molar-refractivity contribution in [2.24, 2.45) is 5.73 Å². The summed E-state index contributed by atoms with van der Waals surface area (Å²) in [7, 11) is 0. The van der Waals surface area contributed by atoms with Gasteiger partial charge in [0, 0.05) is 9.50 Å². The first-order valence-electron chi connectivity index (χ1n) is 5.98. The zero-order valence-electron chi connectivity index (χ0n) is 11.2. The zero-order chi connectivity index (χ0) is 15.3. The molecule has 7 heteroatoms. The fraction of sp³-hybridized carbons (Fsp3) is 0.385. The van der Waals surface area contributed by atoms with Crippen molar-refractivity contribution in [2.45, 2.75) is 19.4 Å². The molecule has 5 nitrogen and oxygen atoms in total. The monoisotopic (exact) mass is 362 g/mol. The first kappa shape index (κ1) is 16.9. The lowest BCUT2D eigenvalue weighted by molar-refractivity contribution is -0.153. The van der Waals surface area contributed by atoms with Crippen LogP contribution in [-0.4, -0.2) is 25.0 Å². The maximum absolute atomic E-state index is 12.2. The first-order valence-corrected chi connectivity index (χ1v) is 7.15. The molecular weight excluding hydrogens is 348 g/mol. The molecule has 0 heterocycles. The summed E-state index contributed by atoms with van der Waals surface area (Å²) in [6, 6.07) is 4.97. The van der Waals surface area contributed by atoms with Crippen LogP contribution in [0.1, 0.15) is 19.4 Å². The van der Waals surface area contributed by atoms with Gasteiger partial charge < -0.3 is 15.8 Å². The van der Waals surface area contributed by atoms with E-state index in [-0.39, 0.29) is 13.2 Å². The van der Waals surface area contributed by atoms with Crippen molar-refractivity contribution in [3.05, 3.63) is 33.3 Å². The second kappa shape index (κ2) is 7.06. The van der Waals surface area contributed by atoms with Crippen molar-refractivity contribution in [1.82, 2.24) is 5.32 Å². The van der Waals surface area contributed by atoms with Gasteiger partial charge in [-0.25, -0.2) is 4.79 Å². The first-order chi connectivity index (χ1) is 9.33. The number of carbonyl (C=O) groups excluding carboxylic acids is 2. The Morgan fingerprint density at radius 3 is 2.60 bits per heavy atom.